The van der Waals surface area contributed by atoms with Crippen molar-refractivity contribution in [1.82, 2.24) is 9.80 Å². The zero-order chi connectivity index (χ0) is 13.8. The Hall–Kier alpha value is -0.570. The number of hydrogen-bond acceptors (Lipinski definition) is 2. The number of halogens is 1. The SMILES string of the molecule is CCN1CC[C@@H](N(C)Cc2ccccc2Cl)[C@H](C)C1. The van der Waals surface area contributed by atoms with Crippen molar-refractivity contribution in [1.29, 1.82) is 0 Å². The van der Waals surface area contributed by atoms with E-state index in [0.29, 0.717) is 6.04 Å². The van der Waals surface area contributed by atoms with Gasteiger partial charge in [-0.2, -0.15) is 0 Å². The molecule has 106 valence electrons. The molecule has 0 N–H and O–H groups in total. The lowest BCUT2D eigenvalue weighted by atomic mass is 9.92. The molecular formula is C16H25ClN2. The first-order valence-corrected chi connectivity index (χ1v) is 7.65. The van der Waals surface area contributed by atoms with E-state index in [1.807, 2.05) is 12.1 Å². The highest BCUT2D eigenvalue weighted by atomic mass is 35.5. The summed E-state index contributed by atoms with van der Waals surface area (Å²) in [6.45, 7) is 9.18. The van der Waals surface area contributed by atoms with E-state index in [-0.39, 0.29) is 0 Å². The molecule has 1 aliphatic heterocycles. The van der Waals surface area contributed by atoms with Crippen molar-refractivity contribution in [3.05, 3.63) is 34.9 Å². The van der Waals surface area contributed by atoms with Gasteiger partial charge in [0, 0.05) is 24.2 Å². The summed E-state index contributed by atoms with van der Waals surface area (Å²) in [6.07, 6.45) is 1.26. The fourth-order valence-electron chi connectivity index (χ4n) is 3.17. The second kappa shape index (κ2) is 6.74. The van der Waals surface area contributed by atoms with Crippen LogP contribution in [0.2, 0.25) is 5.02 Å². The summed E-state index contributed by atoms with van der Waals surface area (Å²) >= 11 is 6.25. The number of rotatable bonds is 4. The van der Waals surface area contributed by atoms with Gasteiger partial charge in [-0.15, -0.1) is 0 Å². The highest BCUT2D eigenvalue weighted by Crippen LogP contribution is 2.24. The maximum absolute atomic E-state index is 6.25. The lowest BCUT2D eigenvalue weighted by Crippen LogP contribution is -2.48. The number of nitrogens with zero attached hydrogens (tertiary/aromatic N) is 2. The summed E-state index contributed by atoms with van der Waals surface area (Å²) in [7, 11) is 2.23. The lowest BCUT2D eigenvalue weighted by Gasteiger charge is -2.41. The van der Waals surface area contributed by atoms with Gasteiger partial charge in [-0.1, -0.05) is 43.6 Å². The minimum absolute atomic E-state index is 0.666. The molecule has 19 heavy (non-hydrogen) atoms. The van der Waals surface area contributed by atoms with Crippen molar-refractivity contribution < 1.29 is 0 Å². The molecule has 0 aromatic heterocycles. The Morgan fingerprint density at radius 1 is 1.37 bits per heavy atom. The summed E-state index contributed by atoms with van der Waals surface area (Å²) in [6, 6.07) is 8.84. The van der Waals surface area contributed by atoms with Gasteiger partial charge in [0.05, 0.1) is 0 Å². The smallest absolute Gasteiger partial charge is 0.0451 e. The monoisotopic (exact) mass is 280 g/mol. The van der Waals surface area contributed by atoms with Crippen LogP contribution in [0.25, 0.3) is 0 Å². The van der Waals surface area contributed by atoms with Gasteiger partial charge in [0.15, 0.2) is 0 Å². The molecule has 0 amide bonds. The van der Waals surface area contributed by atoms with E-state index in [1.54, 1.807) is 0 Å². The van der Waals surface area contributed by atoms with Crippen molar-refractivity contribution in [3.63, 3.8) is 0 Å². The van der Waals surface area contributed by atoms with Crippen LogP contribution >= 0.6 is 11.6 Å². The van der Waals surface area contributed by atoms with Crippen molar-refractivity contribution in [2.45, 2.75) is 32.9 Å². The lowest BCUT2D eigenvalue weighted by molar-refractivity contribution is 0.0787. The second-order valence-electron chi connectivity index (χ2n) is 5.73. The van der Waals surface area contributed by atoms with Gasteiger partial charge in [-0.05, 0) is 44.1 Å². The molecule has 0 aliphatic carbocycles. The first kappa shape index (κ1) is 14.8. The van der Waals surface area contributed by atoms with Crippen LogP contribution in [0.3, 0.4) is 0 Å². The van der Waals surface area contributed by atoms with Crippen LogP contribution in [-0.4, -0.2) is 42.5 Å². The van der Waals surface area contributed by atoms with E-state index in [1.165, 1.54) is 31.6 Å². The second-order valence-corrected chi connectivity index (χ2v) is 6.14. The molecule has 1 saturated heterocycles. The Balaban J connectivity index is 1.97. The fourth-order valence-corrected chi connectivity index (χ4v) is 3.37. The topological polar surface area (TPSA) is 6.48 Å². The van der Waals surface area contributed by atoms with Crippen LogP contribution in [0.4, 0.5) is 0 Å². The molecule has 0 spiro atoms. The molecule has 3 heteroatoms. The van der Waals surface area contributed by atoms with Crippen molar-refractivity contribution in [3.8, 4) is 0 Å². The first-order valence-electron chi connectivity index (χ1n) is 7.27. The van der Waals surface area contributed by atoms with E-state index in [0.717, 1.165) is 17.5 Å². The molecule has 2 rings (SSSR count). The summed E-state index contributed by atoms with van der Waals surface area (Å²) < 4.78 is 0. The Morgan fingerprint density at radius 2 is 2.11 bits per heavy atom. The number of hydrogen-bond donors (Lipinski definition) is 0. The van der Waals surface area contributed by atoms with Gasteiger partial charge >= 0.3 is 0 Å². The Bertz CT molecular complexity index is 407. The molecule has 0 bridgehead atoms. The van der Waals surface area contributed by atoms with Crippen LogP contribution < -0.4 is 0 Å². The van der Waals surface area contributed by atoms with Crippen LogP contribution in [0, 0.1) is 5.92 Å². The van der Waals surface area contributed by atoms with Gasteiger partial charge in [-0.25, -0.2) is 0 Å². The van der Waals surface area contributed by atoms with E-state index < -0.39 is 0 Å². The quantitative estimate of drug-likeness (QED) is 0.833. The van der Waals surface area contributed by atoms with E-state index in [2.05, 4.69) is 42.8 Å². The van der Waals surface area contributed by atoms with Crippen LogP contribution in [0.1, 0.15) is 25.8 Å². The maximum Gasteiger partial charge on any atom is 0.0451 e. The molecule has 1 aromatic carbocycles. The molecule has 1 heterocycles. The third kappa shape index (κ3) is 3.71. The van der Waals surface area contributed by atoms with Gasteiger partial charge in [0.2, 0.25) is 0 Å². The van der Waals surface area contributed by atoms with Crippen LogP contribution in [0.5, 0.6) is 0 Å². The van der Waals surface area contributed by atoms with Gasteiger partial charge in [-0.3, -0.25) is 4.90 Å². The van der Waals surface area contributed by atoms with Gasteiger partial charge in [0.25, 0.3) is 0 Å². The first-order chi connectivity index (χ1) is 9.11. The molecular weight excluding hydrogens is 256 g/mol. The van der Waals surface area contributed by atoms with E-state index in [4.69, 9.17) is 11.6 Å². The summed E-state index contributed by atoms with van der Waals surface area (Å²) in [5.41, 5.74) is 1.23. The highest BCUT2D eigenvalue weighted by molar-refractivity contribution is 6.31. The summed E-state index contributed by atoms with van der Waals surface area (Å²) in [5, 5.41) is 0.882. The normalized spacial score (nSPS) is 24.9. The molecule has 1 aliphatic rings. The third-order valence-electron chi connectivity index (χ3n) is 4.34. The average molecular weight is 281 g/mol. The molecule has 0 saturated carbocycles. The fraction of sp³-hybridized carbons (Fsp3) is 0.625. The average Bonchev–Trinajstić information content (AvgIpc) is 2.41. The molecule has 0 radical (unpaired) electrons. The minimum Gasteiger partial charge on any atom is -0.303 e. The van der Waals surface area contributed by atoms with Crippen molar-refractivity contribution >= 4 is 11.6 Å². The zero-order valence-corrected chi connectivity index (χ0v) is 13.0. The van der Waals surface area contributed by atoms with Crippen molar-refractivity contribution in [2.75, 3.05) is 26.7 Å². The van der Waals surface area contributed by atoms with Gasteiger partial charge in [0.1, 0.15) is 0 Å². The Labute approximate surface area is 122 Å². The standard InChI is InChI=1S/C16H25ClN2/c1-4-19-10-9-16(13(2)11-19)18(3)12-14-7-5-6-8-15(14)17/h5-8,13,16H,4,9-12H2,1-3H3/t13-,16-/m1/s1. The largest absolute Gasteiger partial charge is 0.303 e. The van der Waals surface area contributed by atoms with Gasteiger partial charge < -0.3 is 4.90 Å². The number of piperidine rings is 1. The Morgan fingerprint density at radius 3 is 2.74 bits per heavy atom. The number of likely N-dealkylation sites (tertiary alicyclic amines) is 1. The molecule has 2 atom stereocenters. The predicted molar refractivity (Wildman–Crippen MR) is 82.6 cm³/mol. The summed E-state index contributed by atoms with van der Waals surface area (Å²) in [5.74, 6) is 0.723. The third-order valence-corrected chi connectivity index (χ3v) is 4.70. The maximum atomic E-state index is 6.25. The number of benzene rings is 1. The highest BCUT2D eigenvalue weighted by Gasteiger charge is 2.28. The van der Waals surface area contributed by atoms with E-state index >= 15 is 0 Å². The van der Waals surface area contributed by atoms with E-state index in [9.17, 15) is 0 Å². The Kier molecular flexibility index (Phi) is 5.26. The molecule has 0 unspecified atom stereocenters. The minimum atomic E-state index is 0.666. The van der Waals surface area contributed by atoms with Crippen LogP contribution in [0.15, 0.2) is 24.3 Å². The van der Waals surface area contributed by atoms with Crippen molar-refractivity contribution in [2.24, 2.45) is 5.92 Å². The van der Waals surface area contributed by atoms with Crippen LogP contribution in [-0.2, 0) is 6.54 Å². The molecule has 2 nitrogen and oxygen atoms in total. The zero-order valence-electron chi connectivity index (χ0n) is 12.3. The summed E-state index contributed by atoms with van der Waals surface area (Å²) in [4.78, 5) is 5.02. The predicted octanol–water partition coefficient (Wildman–Crippen LogP) is 3.50. The molecule has 1 fully saturated rings. The molecule has 1 aromatic rings.